The molecule has 4 rings (SSSR count). The number of thiophene rings is 1. The first kappa shape index (κ1) is 16.7. The molecule has 126 valence electrons. The average Bonchev–Trinajstić information content (AvgIpc) is 2.90. The minimum Gasteiger partial charge on any atom is -0.379 e. The molecule has 2 aromatic rings. The van der Waals surface area contributed by atoms with E-state index >= 15 is 0 Å². The predicted octanol–water partition coefficient (Wildman–Crippen LogP) is 5.80. The largest absolute Gasteiger partial charge is 0.379 e. The lowest BCUT2D eigenvalue weighted by molar-refractivity contribution is 0.208. The van der Waals surface area contributed by atoms with E-state index in [1.54, 1.807) is 11.8 Å². The third-order valence-electron chi connectivity index (χ3n) is 4.92. The molecule has 0 amide bonds. The summed E-state index contributed by atoms with van der Waals surface area (Å²) in [6, 6.07) is 10.9. The Kier molecular flexibility index (Phi) is 4.09. The molecule has 24 heavy (non-hydrogen) atoms. The van der Waals surface area contributed by atoms with Gasteiger partial charge in [0.2, 0.25) is 0 Å². The maximum Gasteiger partial charge on any atom is 0.154 e. The SMILES string of the molecule is CC1(C)Cc2sc(-c3cccc(Br)c3)cc2C2(CCSC(N)=N2)C1. The number of benzene rings is 1. The molecule has 0 bridgehead atoms. The number of aliphatic imine (C=N–C) groups is 1. The second-order valence-corrected chi connectivity index (χ2v) is 10.7. The Balaban J connectivity index is 1.86. The van der Waals surface area contributed by atoms with Gasteiger partial charge in [-0.1, -0.05) is 53.7 Å². The molecule has 0 saturated carbocycles. The van der Waals surface area contributed by atoms with Crippen LogP contribution >= 0.6 is 39.0 Å². The fourth-order valence-corrected chi connectivity index (χ4v) is 6.86. The van der Waals surface area contributed by atoms with E-state index < -0.39 is 0 Å². The Morgan fingerprint density at radius 3 is 2.83 bits per heavy atom. The van der Waals surface area contributed by atoms with Gasteiger partial charge in [-0.2, -0.15) is 0 Å². The first-order chi connectivity index (χ1) is 11.4. The molecular formula is C19H21BrN2S2. The highest BCUT2D eigenvalue weighted by molar-refractivity contribution is 9.10. The molecule has 1 aromatic heterocycles. The first-order valence-corrected chi connectivity index (χ1v) is 10.8. The van der Waals surface area contributed by atoms with Crippen LogP contribution in [0, 0.1) is 5.41 Å². The molecule has 1 unspecified atom stereocenters. The molecule has 1 aromatic carbocycles. The van der Waals surface area contributed by atoms with Crippen molar-refractivity contribution in [3.63, 3.8) is 0 Å². The Labute approximate surface area is 160 Å². The van der Waals surface area contributed by atoms with E-state index in [1.165, 1.54) is 20.9 Å². The van der Waals surface area contributed by atoms with Gasteiger partial charge >= 0.3 is 0 Å². The van der Waals surface area contributed by atoms with Crippen LogP contribution in [-0.2, 0) is 12.0 Å². The standard InChI is InChI=1S/C19H21BrN2S2/c1-18(2)10-16-14(19(11-18)6-7-23-17(21)22-19)9-15(24-16)12-4-3-5-13(20)8-12/h3-5,8-9H,6-7,10-11H2,1-2H3,(H2,21,22). The molecule has 1 spiro atoms. The summed E-state index contributed by atoms with van der Waals surface area (Å²) in [5.41, 5.74) is 8.98. The summed E-state index contributed by atoms with van der Waals surface area (Å²) in [4.78, 5) is 7.82. The number of halogens is 1. The van der Waals surface area contributed by atoms with Crippen LogP contribution in [0.1, 0.15) is 37.1 Å². The van der Waals surface area contributed by atoms with Gasteiger partial charge in [-0.05, 0) is 54.0 Å². The number of fused-ring (bicyclic) bond motifs is 2. The van der Waals surface area contributed by atoms with Crippen LogP contribution in [0.15, 0.2) is 39.8 Å². The molecule has 2 N–H and O–H groups in total. The van der Waals surface area contributed by atoms with E-state index in [1.807, 2.05) is 11.3 Å². The number of hydrogen-bond acceptors (Lipinski definition) is 4. The normalized spacial score (nSPS) is 25.4. The van der Waals surface area contributed by atoms with E-state index in [2.05, 4.69) is 60.1 Å². The molecule has 1 atom stereocenters. The topological polar surface area (TPSA) is 38.4 Å². The molecule has 2 aliphatic rings. The van der Waals surface area contributed by atoms with Crippen molar-refractivity contribution in [2.75, 3.05) is 5.75 Å². The lowest BCUT2D eigenvalue weighted by Gasteiger charge is -2.44. The second-order valence-electron chi connectivity index (χ2n) is 7.56. The molecule has 0 radical (unpaired) electrons. The predicted molar refractivity (Wildman–Crippen MR) is 110 cm³/mol. The summed E-state index contributed by atoms with van der Waals surface area (Å²) in [5, 5.41) is 0.750. The molecule has 1 aliphatic heterocycles. The molecule has 2 heterocycles. The van der Waals surface area contributed by atoms with Crippen molar-refractivity contribution in [3.05, 3.63) is 45.2 Å². The lowest BCUT2D eigenvalue weighted by Crippen LogP contribution is -2.40. The van der Waals surface area contributed by atoms with Crippen molar-refractivity contribution in [2.45, 2.75) is 38.6 Å². The van der Waals surface area contributed by atoms with Gasteiger partial charge in [0.05, 0.1) is 5.54 Å². The van der Waals surface area contributed by atoms with Crippen LogP contribution in [0.3, 0.4) is 0 Å². The first-order valence-electron chi connectivity index (χ1n) is 8.24. The minimum absolute atomic E-state index is 0.118. The van der Waals surface area contributed by atoms with Gasteiger partial charge < -0.3 is 5.73 Å². The number of thioether (sulfide) groups is 1. The smallest absolute Gasteiger partial charge is 0.154 e. The van der Waals surface area contributed by atoms with Crippen LogP contribution < -0.4 is 5.73 Å². The second kappa shape index (κ2) is 5.89. The maximum atomic E-state index is 6.13. The quantitative estimate of drug-likeness (QED) is 0.632. The van der Waals surface area contributed by atoms with E-state index in [0.717, 1.165) is 34.7 Å². The summed E-state index contributed by atoms with van der Waals surface area (Å²) < 4.78 is 1.12. The zero-order valence-corrected chi connectivity index (χ0v) is 17.2. The molecule has 0 fully saturated rings. The highest BCUT2D eigenvalue weighted by Crippen LogP contribution is 2.54. The van der Waals surface area contributed by atoms with E-state index in [9.17, 15) is 0 Å². The van der Waals surface area contributed by atoms with Crippen molar-refractivity contribution >= 4 is 44.2 Å². The lowest BCUT2D eigenvalue weighted by atomic mass is 9.67. The van der Waals surface area contributed by atoms with Crippen molar-refractivity contribution in [1.29, 1.82) is 0 Å². The average molecular weight is 421 g/mol. The van der Waals surface area contributed by atoms with Crippen molar-refractivity contribution in [1.82, 2.24) is 0 Å². The van der Waals surface area contributed by atoms with Crippen molar-refractivity contribution < 1.29 is 0 Å². The van der Waals surface area contributed by atoms with E-state index in [4.69, 9.17) is 10.7 Å². The third kappa shape index (κ3) is 2.95. The van der Waals surface area contributed by atoms with Crippen LogP contribution in [0.2, 0.25) is 0 Å². The van der Waals surface area contributed by atoms with E-state index in [-0.39, 0.29) is 11.0 Å². The number of nitrogens with two attached hydrogens (primary N) is 1. The third-order valence-corrected chi connectivity index (χ3v) is 7.39. The van der Waals surface area contributed by atoms with Gasteiger partial charge in [0, 0.05) is 20.0 Å². The Hall–Kier alpha value is -0.780. The van der Waals surface area contributed by atoms with Crippen LogP contribution in [0.25, 0.3) is 10.4 Å². The van der Waals surface area contributed by atoms with Gasteiger partial charge in [0.25, 0.3) is 0 Å². The van der Waals surface area contributed by atoms with Crippen molar-refractivity contribution in [2.24, 2.45) is 16.1 Å². The zero-order chi connectivity index (χ0) is 16.9. The molecule has 2 nitrogen and oxygen atoms in total. The zero-order valence-electron chi connectivity index (χ0n) is 13.9. The van der Waals surface area contributed by atoms with Gasteiger partial charge in [-0.15, -0.1) is 11.3 Å². The van der Waals surface area contributed by atoms with Crippen LogP contribution in [-0.4, -0.2) is 10.9 Å². The van der Waals surface area contributed by atoms with Gasteiger partial charge in [0.1, 0.15) is 0 Å². The summed E-state index contributed by atoms with van der Waals surface area (Å²) >= 11 is 7.21. The Morgan fingerprint density at radius 2 is 2.08 bits per heavy atom. The van der Waals surface area contributed by atoms with Crippen molar-refractivity contribution in [3.8, 4) is 10.4 Å². The molecular weight excluding hydrogens is 400 g/mol. The number of nitrogens with zero attached hydrogens (tertiary/aromatic N) is 1. The highest BCUT2D eigenvalue weighted by atomic mass is 79.9. The summed E-state index contributed by atoms with van der Waals surface area (Å²) in [5.74, 6) is 1.06. The fraction of sp³-hybridized carbons (Fsp3) is 0.421. The Bertz CT molecular complexity index is 825. The van der Waals surface area contributed by atoms with Gasteiger partial charge in [-0.3, -0.25) is 4.99 Å². The minimum atomic E-state index is -0.118. The number of hydrogen-bond donors (Lipinski definition) is 1. The highest BCUT2D eigenvalue weighted by Gasteiger charge is 2.46. The summed E-state index contributed by atoms with van der Waals surface area (Å²) in [7, 11) is 0. The van der Waals surface area contributed by atoms with Gasteiger partial charge in [0.15, 0.2) is 5.17 Å². The van der Waals surface area contributed by atoms with Crippen LogP contribution in [0.4, 0.5) is 0 Å². The molecule has 0 saturated heterocycles. The number of rotatable bonds is 1. The summed E-state index contributed by atoms with van der Waals surface area (Å²) in [6.07, 6.45) is 3.30. The van der Waals surface area contributed by atoms with Gasteiger partial charge in [-0.25, -0.2) is 0 Å². The Morgan fingerprint density at radius 1 is 1.25 bits per heavy atom. The summed E-state index contributed by atoms with van der Waals surface area (Å²) in [6.45, 7) is 4.73. The molecule has 5 heteroatoms. The fourth-order valence-electron chi connectivity index (χ4n) is 4.07. The monoisotopic (exact) mass is 420 g/mol. The maximum absolute atomic E-state index is 6.13. The molecule has 1 aliphatic carbocycles. The number of amidine groups is 1. The van der Waals surface area contributed by atoms with E-state index in [0.29, 0.717) is 0 Å². The van der Waals surface area contributed by atoms with Crippen LogP contribution in [0.5, 0.6) is 0 Å².